The molecule has 3 nitrogen and oxygen atoms in total. The minimum absolute atomic E-state index is 0.223. The molecule has 2 atom stereocenters. The van der Waals surface area contributed by atoms with Crippen molar-refractivity contribution < 1.29 is 14.6 Å². The molecule has 0 saturated carbocycles. The Labute approximate surface area is 141 Å². The lowest BCUT2D eigenvalue weighted by molar-refractivity contribution is -0.138. The van der Waals surface area contributed by atoms with Crippen LogP contribution in [0.1, 0.15) is 84.0 Å². The molecule has 0 aromatic rings. The van der Waals surface area contributed by atoms with E-state index in [1.54, 1.807) is 0 Å². The van der Waals surface area contributed by atoms with Gasteiger partial charge in [0.15, 0.2) is 6.10 Å². The number of rotatable bonds is 15. The van der Waals surface area contributed by atoms with Crippen molar-refractivity contribution in [2.45, 2.75) is 96.2 Å². The number of hydrogen-bond donors (Lipinski definition) is 1. The summed E-state index contributed by atoms with van der Waals surface area (Å²) < 4.78 is 4.98. The lowest BCUT2D eigenvalue weighted by Gasteiger charge is -2.01. The Morgan fingerprint density at radius 3 is 2.00 bits per heavy atom. The van der Waals surface area contributed by atoms with Crippen molar-refractivity contribution in [3.05, 3.63) is 24.3 Å². The highest BCUT2D eigenvalue weighted by Crippen LogP contribution is 2.23. The van der Waals surface area contributed by atoms with Gasteiger partial charge in [-0.25, -0.2) is 4.79 Å². The van der Waals surface area contributed by atoms with Crippen molar-refractivity contribution in [2.24, 2.45) is 0 Å². The minimum Gasteiger partial charge on any atom is -0.479 e. The van der Waals surface area contributed by atoms with Crippen molar-refractivity contribution in [2.75, 3.05) is 0 Å². The molecular weight excluding hydrogens is 288 g/mol. The van der Waals surface area contributed by atoms with Gasteiger partial charge in [-0.3, -0.25) is 0 Å². The average molecular weight is 322 g/mol. The highest BCUT2D eigenvalue weighted by molar-refractivity contribution is 5.76. The van der Waals surface area contributed by atoms with Gasteiger partial charge in [0, 0.05) is 0 Å². The lowest BCUT2D eigenvalue weighted by atomic mass is 10.1. The van der Waals surface area contributed by atoms with Crippen LogP contribution in [0, 0.1) is 0 Å². The molecule has 1 rings (SSSR count). The van der Waals surface area contributed by atoms with E-state index in [9.17, 15) is 4.79 Å². The largest absolute Gasteiger partial charge is 0.479 e. The van der Waals surface area contributed by atoms with Crippen molar-refractivity contribution in [3.8, 4) is 0 Å². The minimum atomic E-state index is -0.871. The molecule has 0 aromatic heterocycles. The van der Waals surface area contributed by atoms with Crippen LogP contribution in [-0.2, 0) is 9.53 Å². The van der Waals surface area contributed by atoms with Gasteiger partial charge in [0.25, 0.3) is 0 Å². The Balaban J connectivity index is 1.79. The predicted molar refractivity (Wildman–Crippen MR) is 95.7 cm³/mol. The second-order valence-corrected chi connectivity index (χ2v) is 6.50. The summed E-state index contributed by atoms with van der Waals surface area (Å²) in [6.07, 6.45) is 23.2. The maximum absolute atomic E-state index is 10.6. The normalized spacial score (nSPS) is 20.6. The van der Waals surface area contributed by atoms with E-state index in [0.29, 0.717) is 0 Å². The van der Waals surface area contributed by atoms with Gasteiger partial charge in [-0.1, -0.05) is 95.4 Å². The SMILES string of the molecule is CCCCCCCCCCCCCC=CC=CC1OC1C(=O)O. The van der Waals surface area contributed by atoms with Gasteiger partial charge >= 0.3 is 5.97 Å². The van der Waals surface area contributed by atoms with E-state index < -0.39 is 12.1 Å². The second-order valence-electron chi connectivity index (χ2n) is 6.50. The zero-order valence-electron chi connectivity index (χ0n) is 14.7. The summed E-state index contributed by atoms with van der Waals surface area (Å²) in [7, 11) is 0. The molecule has 132 valence electrons. The number of carboxylic acid groups (broad SMARTS) is 1. The Morgan fingerprint density at radius 2 is 1.48 bits per heavy atom. The fraction of sp³-hybridized carbons (Fsp3) is 0.750. The number of allylic oxidation sites excluding steroid dienone is 3. The molecule has 0 aromatic carbocycles. The number of ether oxygens (including phenoxy) is 1. The fourth-order valence-corrected chi connectivity index (χ4v) is 2.74. The highest BCUT2D eigenvalue weighted by atomic mass is 16.6. The first kappa shape index (κ1) is 20.0. The zero-order valence-corrected chi connectivity index (χ0v) is 14.7. The first-order valence-electron chi connectivity index (χ1n) is 9.47. The number of carboxylic acids is 1. The monoisotopic (exact) mass is 322 g/mol. The number of carbonyl (C=O) groups is 1. The number of unbranched alkanes of at least 4 members (excludes halogenated alkanes) is 11. The van der Waals surface area contributed by atoms with Gasteiger partial charge in [0.1, 0.15) is 6.10 Å². The molecule has 23 heavy (non-hydrogen) atoms. The summed E-state index contributed by atoms with van der Waals surface area (Å²) >= 11 is 0. The fourth-order valence-electron chi connectivity index (χ4n) is 2.74. The molecule has 2 unspecified atom stereocenters. The third kappa shape index (κ3) is 11.1. The van der Waals surface area contributed by atoms with Gasteiger partial charge in [0.05, 0.1) is 0 Å². The van der Waals surface area contributed by atoms with Crippen molar-refractivity contribution in [3.63, 3.8) is 0 Å². The van der Waals surface area contributed by atoms with Crippen LogP contribution in [0.5, 0.6) is 0 Å². The molecule has 0 aliphatic carbocycles. The van der Waals surface area contributed by atoms with Crippen molar-refractivity contribution >= 4 is 5.97 Å². The average Bonchev–Trinajstić information content (AvgIpc) is 3.31. The van der Waals surface area contributed by atoms with E-state index in [2.05, 4.69) is 13.0 Å². The van der Waals surface area contributed by atoms with Crippen LogP contribution < -0.4 is 0 Å². The van der Waals surface area contributed by atoms with Gasteiger partial charge in [-0.15, -0.1) is 0 Å². The molecule has 3 heteroatoms. The summed E-state index contributed by atoms with van der Waals surface area (Å²) in [5.74, 6) is -0.871. The van der Waals surface area contributed by atoms with E-state index >= 15 is 0 Å². The van der Waals surface area contributed by atoms with Crippen LogP contribution in [0.25, 0.3) is 0 Å². The van der Waals surface area contributed by atoms with Crippen LogP contribution >= 0.6 is 0 Å². The number of hydrogen-bond acceptors (Lipinski definition) is 2. The summed E-state index contributed by atoms with van der Waals surface area (Å²) in [6.45, 7) is 2.27. The van der Waals surface area contributed by atoms with Gasteiger partial charge in [0.2, 0.25) is 0 Å². The van der Waals surface area contributed by atoms with Gasteiger partial charge in [-0.05, 0) is 12.8 Å². The van der Waals surface area contributed by atoms with Crippen LogP contribution in [0.2, 0.25) is 0 Å². The van der Waals surface area contributed by atoms with Crippen molar-refractivity contribution in [1.29, 1.82) is 0 Å². The smallest absolute Gasteiger partial charge is 0.335 e. The van der Waals surface area contributed by atoms with E-state index in [0.717, 1.165) is 6.42 Å². The molecule has 0 spiro atoms. The topological polar surface area (TPSA) is 49.8 Å². The Kier molecular flexibility index (Phi) is 11.6. The maximum atomic E-state index is 10.6. The van der Waals surface area contributed by atoms with E-state index in [-0.39, 0.29) is 6.10 Å². The third-order valence-electron chi connectivity index (χ3n) is 4.29. The zero-order chi connectivity index (χ0) is 16.8. The van der Waals surface area contributed by atoms with E-state index in [1.165, 1.54) is 70.6 Å². The Morgan fingerprint density at radius 1 is 0.913 bits per heavy atom. The molecule has 0 radical (unpaired) electrons. The van der Waals surface area contributed by atoms with Crippen LogP contribution in [0.15, 0.2) is 24.3 Å². The highest BCUT2D eigenvalue weighted by Gasteiger charge is 2.43. The molecule has 1 N–H and O–H groups in total. The first-order valence-corrected chi connectivity index (χ1v) is 9.47. The molecule has 0 bridgehead atoms. The van der Waals surface area contributed by atoms with Crippen LogP contribution in [0.4, 0.5) is 0 Å². The molecule has 1 aliphatic heterocycles. The van der Waals surface area contributed by atoms with E-state index in [4.69, 9.17) is 9.84 Å². The Bertz CT molecular complexity index is 360. The first-order chi connectivity index (χ1) is 11.3. The van der Waals surface area contributed by atoms with Crippen molar-refractivity contribution in [1.82, 2.24) is 0 Å². The summed E-state index contributed by atoms with van der Waals surface area (Å²) in [5, 5.41) is 8.67. The number of epoxide rings is 1. The maximum Gasteiger partial charge on any atom is 0.335 e. The third-order valence-corrected chi connectivity index (χ3v) is 4.29. The molecule has 1 saturated heterocycles. The summed E-state index contributed by atoms with van der Waals surface area (Å²) in [4.78, 5) is 10.6. The molecule has 1 aliphatic rings. The molecular formula is C20H34O3. The molecule has 1 fully saturated rings. The summed E-state index contributed by atoms with van der Waals surface area (Å²) in [5.41, 5.74) is 0. The quantitative estimate of drug-likeness (QED) is 0.241. The molecule has 1 heterocycles. The Hall–Kier alpha value is -1.09. The summed E-state index contributed by atoms with van der Waals surface area (Å²) in [6, 6.07) is 0. The lowest BCUT2D eigenvalue weighted by Crippen LogP contribution is -2.06. The van der Waals surface area contributed by atoms with Gasteiger partial charge < -0.3 is 9.84 Å². The second kappa shape index (κ2) is 13.4. The van der Waals surface area contributed by atoms with Crippen LogP contribution in [0.3, 0.4) is 0 Å². The molecule has 0 amide bonds. The van der Waals surface area contributed by atoms with Crippen LogP contribution in [-0.4, -0.2) is 23.3 Å². The van der Waals surface area contributed by atoms with E-state index in [1.807, 2.05) is 18.2 Å². The number of aliphatic carboxylic acids is 1. The van der Waals surface area contributed by atoms with Gasteiger partial charge in [-0.2, -0.15) is 0 Å². The standard InChI is InChI=1S/C20H34O3/c1-2-3-4-5-6-7-8-9-10-11-12-13-14-15-16-17-18-19(23-18)20(21)22/h14-19H,2-13H2,1H3,(H,21,22). The predicted octanol–water partition coefficient (Wildman–Crippen LogP) is 5.65.